The number of nitrogens with one attached hydrogen (secondary N) is 1. The zero-order chi connectivity index (χ0) is 47.4. The zero-order valence-electron chi connectivity index (χ0n) is 41.2. The van der Waals surface area contributed by atoms with Crippen molar-refractivity contribution >= 4 is 11.9 Å². The number of carbonyl (C=O) groups excluding carboxylic acids is 2. The lowest BCUT2D eigenvalue weighted by Crippen LogP contribution is -2.60. The molecule has 0 aromatic rings. The Labute approximate surface area is 396 Å². The first kappa shape index (κ1) is 60.6. The van der Waals surface area contributed by atoms with E-state index in [-0.39, 0.29) is 24.9 Å². The molecule has 7 atom stereocenters. The minimum Gasteiger partial charge on any atom is -0.466 e. The molecular formula is C54H97NO10. The normalized spacial score (nSPS) is 20.1. The van der Waals surface area contributed by atoms with Crippen LogP contribution in [0.5, 0.6) is 0 Å². The summed E-state index contributed by atoms with van der Waals surface area (Å²) in [6.45, 7) is 4.20. The third kappa shape index (κ3) is 34.6. The van der Waals surface area contributed by atoms with Crippen molar-refractivity contribution in [3.8, 4) is 0 Å². The van der Waals surface area contributed by atoms with Crippen LogP contribution in [0.4, 0.5) is 0 Å². The highest BCUT2D eigenvalue weighted by Crippen LogP contribution is 2.22. The average molecular weight is 920 g/mol. The molecule has 0 aliphatic carbocycles. The van der Waals surface area contributed by atoms with E-state index in [1.807, 2.05) is 18.2 Å². The van der Waals surface area contributed by atoms with E-state index in [0.29, 0.717) is 19.4 Å². The van der Waals surface area contributed by atoms with Crippen LogP contribution in [0.1, 0.15) is 219 Å². The molecule has 1 fully saturated rings. The summed E-state index contributed by atoms with van der Waals surface area (Å²) in [7, 11) is 0. The Morgan fingerprint density at radius 2 is 1.06 bits per heavy atom. The van der Waals surface area contributed by atoms with Crippen molar-refractivity contribution in [1.29, 1.82) is 0 Å². The van der Waals surface area contributed by atoms with E-state index < -0.39 is 49.5 Å². The highest BCUT2D eigenvalue weighted by atomic mass is 16.7. The van der Waals surface area contributed by atoms with E-state index in [0.717, 1.165) is 70.6 Å². The molecule has 1 saturated heterocycles. The third-order valence-electron chi connectivity index (χ3n) is 12.2. The lowest BCUT2D eigenvalue weighted by molar-refractivity contribution is -0.302. The molecule has 0 saturated carbocycles. The number of unbranched alkanes of at least 4 members (excludes halogenated alkanes) is 24. The van der Waals surface area contributed by atoms with Crippen LogP contribution in [0.3, 0.4) is 0 Å². The molecule has 7 unspecified atom stereocenters. The van der Waals surface area contributed by atoms with E-state index in [9.17, 15) is 35.1 Å². The number of aliphatic hydroxyl groups is 5. The van der Waals surface area contributed by atoms with Gasteiger partial charge in [-0.3, -0.25) is 9.59 Å². The molecule has 1 rings (SSSR count). The van der Waals surface area contributed by atoms with Gasteiger partial charge in [0.15, 0.2) is 6.29 Å². The molecule has 11 nitrogen and oxygen atoms in total. The number of allylic oxidation sites excluding steroid dienone is 7. The van der Waals surface area contributed by atoms with Crippen molar-refractivity contribution in [1.82, 2.24) is 5.32 Å². The Kier molecular flexibility index (Phi) is 41.2. The Hall–Kier alpha value is -2.38. The highest BCUT2D eigenvalue weighted by Gasteiger charge is 2.44. The molecule has 1 heterocycles. The number of esters is 1. The van der Waals surface area contributed by atoms with Gasteiger partial charge in [0.1, 0.15) is 24.4 Å². The topological polar surface area (TPSA) is 175 Å². The van der Waals surface area contributed by atoms with Crippen LogP contribution >= 0.6 is 0 Å². The predicted octanol–water partition coefficient (Wildman–Crippen LogP) is 10.9. The SMILES string of the molecule is CCCCCCCC/C=C/CC/C=C/C(O)C(COC1OC(CO)C(O)C(O)C1O)NC(=O)CC/C=C\C/C=C\CCCCCCCCOC(=O)CCCCCCCCCCCCCC. The Morgan fingerprint density at radius 1 is 0.569 bits per heavy atom. The van der Waals surface area contributed by atoms with Gasteiger partial charge in [-0.15, -0.1) is 0 Å². The van der Waals surface area contributed by atoms with Crippen LogP contribution in [-0.2, 0) is 23.8 Å². The first-order valence-corrected chi connectivity index (χ1v) is 26.4. The maximum atomic E-state index is 12.9. The van der Waals surface area contributed by atoms with Gasteiger partial charge < -0.3 is 45.1 Å². The molecule has 0 spiro atoms. The summed E-state index contributed by atoms with van der Waals surface area (Å²) in [6.07, 6.45) is 43.5. The molecule has 0 bridgehead atoms. The standard InChI is InChI=1S/C54H97NO10/c1-3-5-7-9-11-13-15-20-24-28-32-36-40-47(57)46(45-64-54-53(62)52(61)51(60)48(44-56)65-54)55-49(58)41-37-33-29-25-21-18-17-19-23-27-31-35-39-43-63-50(59)42-38-34-30-26-22-16-14-12-10-8-6-4-2/h18,20-21,24,29,33,36,40,46-48,51-54,56-57,60-62H,3-17,19,22-23,25-28,30-32,34-35,37-39,41-45H2,1-2H3,(H,55,58)/b21-18-,24-20+,33-29-,40-36+. The molecule has 0 aromatic carbocycles. The van der Waals surface area contributed by atoms with Crippen molar-refractivity contribution in [2.75, 3.05) is 19.8 Å². The maximum absolute atomic E-state index is 12.9. The van der Waals surface area contributed by atoms with Gasteiger partial charge in [-0.25, -0.2) is 0 Å². The van der Waals surface area contributed by atoms with Crippen molar-refractivity contribution in [3.05, 3.63) is 48.6 Å². The second kappa shape index (κ2) is 44.1. The van der Waals surface area contributed by atoms with Crippen LogP contribution in [0.15, 0.2) is 48.6 Å². The van der Waals surface area contributed by atoms with Crippen molar-refractivity contribution < 1.29 is 49.3 Å². The molecule has 378 valence electrons. The summed E-state index contributed by atoms with van der Waals surface area (Å²) in [6, 6.07) is -0.871. The smallest absolute Gasteiger partial charge is 0.305 e. The summed E-state index contributed by atoms with van der Waals surface area (Å²) < 4.78 is 16.6. The second-order valence-electron chi connectivity index (χ2n) is 18.2. The molecule has 65 heavy (non-hydrogen) atoms. The van der Waals surface area contributed by atoms with Gasteiger partial charge >= 0.3 is 5.97 Å². The summed E-state index contributed by atoms with van der Waals surface area (Å²) in [5, 5.41) is 54.1. The maximum Gasteiger partial charge on any atom is 0.305 e. The quantitative estimate of drug-likeness (QED) is 0.0196. The summed E-state index contributed by atoms with van der Waals surface area (Å²) in [4.78, 5) is 25.0. The van der Waals surface area contributed by atoms with Gasteiger partial charge in [-0.2, -0.15) is 0 Å². The molecule has 1 aliphatic rings. The number of rotatable bonds is 44. The number of ether oxygens (including phenoxy) is 3. The van der Waals surface area contributed by atoms with Crippen LogP contribution < -0.4 is 5.32 Å². The Morgan fingerprint density at radius 3 is 1.65 bits per heavy atom. The van der Waals surface area contributed by atoms with Gasteiger partial charge in [-0.1, -0.05) is 191 Å². The fourth-order valence-corrected chi connectivity index (χ4v) is 7.91. The Balaban J connectivity index is 2.24. The van der Waals surface area contributed by atoms with Gasteiger partial charge in [0.2, 0.25) is 5.91 Å². The zero-order valence-corrected chi connectivity index (χ0v) is 41.2. The first-order chi connectivity index (χ1) is 31.7. The number of amides is 1. The number of aliphatic hydroxyl groups excluding tert-OH is 5. The first-order valence-electron chi connectivity index (χ1n) is 26.4. The molecule has 1 amide bonds. The van der Waals surface area contributed by atoms with Crippen LogP contribution in [0, 0.1) is 0 Å². The summed E-state index contributed by atoms with van der Waals surface area (Å²) in [5.74, 6) is -0.315. The van der Waals surface area contributed by atoms with E-state index in [4.69, 9.17) is 14.2 Å². The summed E-state index contributed by atoms with van der Waals surface area (Å²) >= 11 is 0. The van der Waals surface area contributed by atoms with E-state index in [1.165, 1.54) is 116 Å². The number of carbonyl (C=O) groups is 2. The van der Waals surface area contributed by atoms with E-state index in [2.05, 4.69) is 43.5 Å². The molecule has 6 N–H and O–H groups in total. The minimum atomic E-state index is -1.59. The lowest BCUT2D eigenvalue weighted by atomic mass is 9.99. The van der Waals surface area contributed by atoms with Crippen molar-refractivity contribution in [2.24, 2.45) is 0 Å². The van der Waals surface area contributed by atoms with Crippen LogP contribution in [-0.4, -0.2) is 100 Å². The monoisotopic (exact) mass is 920 g/mol. The number of hydrogen-bond acceptors (Lipinski definition) is 10. The molecule has 11 heteroatoms. The van der Waals surface area contributed by atoms with Crippen LogP contribution in [0.25, 0.3) is 0 Å². The lowest BCUT2D eigenvalue weighted by Gasteiger charge is -2.40. The third-order valence-corrected chi connectivity index (χ3v) is 12.2. The van der Waals surface area contributed by atoms with Gasteiger partial charge in [0.05, 0.1) is 32.0 Å². The molecule has 0 radical (unpaired) electrons. The minimum absolute atomic E-state index is 0.0406. The van der Waals surface area contributed by atoms with Crippen molar-refractivity contribution in [2.45, 2.75) is 262 Å². The van der Waals surface area contributed by atoms with E-state index in [1.54, 1.807) is 6.08 Å². The fraction of sp³-hybridized carbons (Fsp3) is 0.815. The van der Waals surface area contributed by atoms with Crippen molar-refractivity contribution in [3.63, 3.8) is 0 Å². The van der Waals surface area contributed by atoms with E-state index >= 15 is 0 Å². The average Bonchev–Trinajstić information content (AvgIpc) is 3.30. The van der Waals surface area contributed by atoms with Gasteiger partial charge in [-0.05, 0) is 64.2 Å². The molecule has 1 aliphatic heterocycles. The molecule has 0 aromatic heterocycles. The highest BCUT2D eigenvalue weighted by molar-refractivity contribution is 5.76. The summed E-state index contributed by atoms with van der Waals surface area (Å²) in [5.41, 5.74) is 0. The predicted molar refractivity (Wildman–Crippen MR) is 264 cm³/mol. The fourth-order valence-electron chi connectivity index (χ4n) is 7.91. The van der Waals surface area contributed by atoms with Gasteiger partial charge in [0, 0.05) is 12.8 Å². The Bertz CT molecular complexity index is 1220. The van der Waals surface area contributed by atoms with Gasteiger partial charge in [0.25, 0.3) is 0 Å². The largest absolute Gasteiger partial charge is 0.466 e. The number of hydrogen-bond donors (Lipinski definition) is 6. The molecular weight excluding hydrogens is 823 g/mol. The van der Waals surface area contributed by atoms with Crippen LogP contribution in [0.2, 0.25) is 0 Å². The second-order valence-corrected chi connectivity index (χ2v) is 18.2.